The van der Waals surface area contributed by atoms with Crippen LogP contribution in [0, 0.1) is 0 Å². The second kappa shape index (κ2) is 12.9. The minimum absolute atomic E-state index is 0.0411. The van der Waals surface area contributed by atoms with E-state index in [0.29, 0.717) is 19.8 Å². The van der Waals surface area contributed by atoms with Crippen molar-refractivity contribution in [1.29, 1.82) is 0 Å². The number of nitrogens with zero attached hydrogens (tertiary/aromatic N) is 1. The summed E-state index contributed by atoms with van der Waals surface area (Å²) in [4.78, 5) is 2.35. The van der Waals surface area contributed by atoms with Gasteiger partial charge in [-0.05, 0) is 32.9 Å². The molecule has 0 aliphatic rings. The van der Waals surface area contributed by atoms with Crippen molar-refractivity contribution in [3.05, 3.63) is 0 Å². The summed E-state index contributed by atoms with van der Waals surface area (Å²) in [5.74, 6) is 0. The largest absolute Gasteiger partial charge is 0.389 e. The summed E-state index contributed by atoms with van der Waals surface area (Å²) < 4.78 is 10.6. The van der Waals surface area contributed by atoms with E-state index >= 15 is 0 Å². The molecule has 0 aromatic heterocycles. The summed E-state index contributed by atoms with van der Waals surface area (Å²) in [6.07, 6.45) is 4.40. The van der Waals surface area contributed by atoms with Gasteiger partial charge in [0.1, 0.15) is 0 Å². The van der Waals surface area contributed by atoms with Crippen LogP contribution >= 0.6 is 0 Å². The predicted molar refractivity (Wildman–Crippen MR) is 79.6 cm³/mol. The van der Waals surface area contributed by atoms with Crippen LogP contribution in [-0.4, -0.2) is 62.2 Å². The Bertz CT molecular complexity index is 182. The van der Waals surface area contributed by atoms with Crippen LogP contribution in [0.5, 0.6) is 0 Å². The molecule has 0 saturated heterocycles. The first-order valence-corrected chi connectivity index (χ1v) is 7.64. The second-order valence-electron chi connectivity index (χ2n) is 5.26. The Morgan fingerprint density at radius 1 is 1.05 bits per heavy atom. The third-order valence-electron chi connectivity index (χ3n) is 3.10. The minimum Gasteiger partial charge on any atom is -0.389 e. The van der Waals surface area contributed by atoms with Crippen molar-refractivity contribution in [2.45, 2.75) is 58.7 Å². The number of methoxy groups -OCH3 is 1. The van der Waals surface area contributed by atoms with Gasteiger partial charge in [0.15, 0.2) is 0 Å². The van der Waals surface area contributed by atoms with Crippen LogP contribution in [0.4, 0.5) is 0 Å². The van der Waals surface area contributed by atoms with Crippen LogP contribution in [-0.2, 0) is 9.47 Å². The van der Waals surface area contributed by atoms with Crippen LogP contribution in [0.2, 0.25) is 0 Å². The lowest BCUT2D eigenvalue weighted by molar-refractivity contribution is -0.0398. The predicted octanol–water partition coefficient (Wildman–Crippen LogP) is 2.30. The van der Waals surface area contributed by atoms with E-state index < -0.39 is 6.10 Å². The molecule has 1 N–H and O–H groups in total. The standard InChI is InChI=1S/C15H33NO3/c1-5-7-9-16(10-8-6-2)11-15(17)13-19-14(3)12-18-4/h14-15,17H,5-13H2,1-4H3. The summed E-state index contributed by atoms with van der Waals surface area (Å²) in [6, 6.07) is 0. The number of aliphatic hydroxyl groups excluding tert-OH is 1. The lowest BCUT2D eigenvalue weighted by atomic mass is 10.2. The van der Waals surface area contributed by atoms with Crippen molar-refractivity contribution in [2.75, 3.05) is 40.0 Å². The van der Waals surface area contributed by atoms with Crippen molar-refractivity contribution in [3.63, 3.8) is 0 Å². The van der Waals surface area contributed by atoms with Crippen molar-refractivity contribution in [3.8, 4) is 0 Å². The zero-order valence-electron chi connectivity index (χ0n) is 13.2. The van der Waals surface area contributed by atoms with Gasteiger partial charge in [-0.25, -0.2) is 0 Å². The van der Waals surface area contributed by atoms with Crippen molar-refractivity contribution >= 4 is 0 Å². The molecule has 2 unspecified atom stereocenters. The van der Waals surface area contributed by atoms with Gasteiger partial charge in [0.2, 0.25) is 0 Å². The van der Waals surface area contributed by atoms with Crippen molar-refractivity contribution in [2.24, 2.45) is 0 Å². The molecule has 0 amide bonds. The first-order chi connectivity index (χ1) is 9.13. The maximum absolute atomic E-state index is 10.0. The Balaban J connectivity index is 3.89. The van der Waals surface area contributed by atoms with Gasteiger partial charge in [0.25, 0.3) is 0 Å². The lowest BCUT2D eigenvalue weighted by Crippen LogP contribution is -2.37. The van der Waals surface area contributed by atoms with Crippen LogP contribution in [0.15, 0.2) is 0 Å². The van der Waals surface area contributed by atoms with E-state index in [-0.39, 0.29) is 6.10 Å². The maximum atomic E-state index is 10.0. The van der Waals surface area contributed by atoms with Crippen molar-refractivity contribution < 1.29 is 14.6 Å². The molecule has 0 bridgehead atoms. The highest BCUT2D eigenvalue weighted by atomic mass is 16.5. The Morgan fingerprint density at radius 2 is 1.63 bits per heavy atom. The molecule has 4 heteroatoms. The van der Waals surface area contributed by atoms with E-state index in [1.54, 1.807) is 7.11 Å². The van der Waals surface area contributed by atoms with Gasteiger partial charge in [0.05, 0.1) is 25.4 Å². The number of rotatable bonds is 13. The highest BCUT2D eigenvalue weighted by molar-refractivity contribution is 4.65. The third-order valence-corrected chi connectivity index (χ3v) is 3.10. The molecule has 4 nitrogen and oxygen atoms in total. The average Bonchev–Trinajstić information content (AvgIpc) is 2.40. The molecular weight excluding hydrogens is 242 g/mol. The van der Waals surface area contributed by atoms with Gasteiger partial charge in [-0.1, -0.05) is 26.7 Å². The van der Waals surface area contributed by atoms with E-state index in [4.69, 9.17) is 9.47 Å². The molecule has 0 rings (SSSR count). The highest BCUT2D eigenvalue weighted by Gasteiger charge is 2.12. The molecule has 0 aliphatic carbocycles. The zero-order valence-corrected chi connectivity index (χ0v) is 13.2. The molecule has 0 fully saturated rings. The van der Waals surface area contributed by atoms with Gasteiger partial charge in [-0.3, -0.25) is 0 Å². The van der Waals surface area contributed by atoms with E-state index in [1.807, 2.05) is 6.92 Å². The van der Waals surface area contributed by atoms with Gasteiger partial charge in [-0.2, -0.15) is 0 Å². The highest BCUT2D eigenvalue weighted by Crippen LogP contribution is 2.02. The topological polar surface area (TPSA) is 41.9 Å². The maximum Gasteiger partial charge on any atom is 0.0900 e. The molecule has 0 radical (unpaired) electrons. The molecule has 0 aliphatic heterocycles. The second-order valence-corrected chi connectivity index (χ2v) is 5.26. The Morgan fingerprint density at radius 3 is 2.11 bits per heavy atom. The average molecular weight is 275 g/mol. The summed E-state index contributed by atoms with van der Waals surface area (Å²) in [7, 11) is 1.66. The molecule has 116 valence electrons. The molecule has 0 aromatic carbocycles. The van der Waals surface area contributed by atoms with Crippen LogP contribution in [0.25, 0.3) is 0 Å². The first kappa shape index (κ1) is 18.8. The van der Waals surface area contributed by atoms with Gasteiger partial charge in [0, 0.05) is 13.7 Å². The van der Waals surface area contributed by atoms with E-state index in [0.717, 1.165) is 13.1 Å². The van der Waals surface area contributed by atoms with E-state index in [1.165, 1.54) is 25.7 Å². The summed E-state index contributed by atoms with van der Waals surface area (Å²) in [5, 5.41) is 10.0. The quantitative estimate of drug-likeness (QED) is 0.560. The monoisotopic (exact) mass is 275 g/mol. The Kier molecular flexibility index (Phi) is 12.7. The van der Waals surface area contributed by atoms with E-state index in [2.05, 4.69) is 18.7 Å². The molecule has 19 heavy (non-hydrogen) atoms. The fraction of sp³-hybridized carbons (Fsp3) is 1.00. The summed E-state index contributed by atoms with van der Waals surface area (Å²) in [5.41, 5.74) is 0. The fourth-order valence-electron chi connectivity index (χ4n) is 1.97. The number of ether oxygens (including phenoxy) is 2. The number of hydrogen-bond acceptors (Lipinski definition) is 4. The van der Waals surface area contributed by atoms with E-state index in [9.17, 15) is 5.11 Å². The molecule has 0 heterocycles. The Hall–Kier alpha value is -0.160. The third kappa shape index (κ3) is 11.4. The first-order valence-electron chi connectivity index (χ1n) is 7.64. The SMILES string of the molecule is CCCCN(CCCC)CC(O)COC(C)COC. The number of unbranched alkanes of at least 4 members (excludes halogenated alkanes) is 2. The van der Waals surface area contributed by atoms with Gasteiger partial charge < -0.3 is 19.5 Å². The smallest absolute Gasteiger partial charge is 0.0900 e. The van der Waals surface area contributed by atoms with Crippen LogP contribution in [0.1, 0.15) is 46.5 Å². The minimum atomic E-state index is -0.409. The molecule has 2 atom stereocenters. The summed E-state index contributed by atoms with van der Waals surface area (Å²) in [6.45, 7) is 10.2. The van der Waals surface area contributed by atoms with Gasteiger partial charge >= 0.3 is 0 Å². The lowest BCUT2D eigenvalue weighted by Gasteiger charge is -2.25. The van der Waals surface area contributed by atoms with Crippen molar-refractivity contribution in [1.82, 2.24) is 4.90 Å². The summed E-state index contributed by atoms with van der Waals surface area (Å²) >= 11 is 0. The van der Waals surface area contributed by atoms with Gasteiger partial charge in [-0.15, -0.1) is 0 Å². The molecule has 0 saturated carbocycles. The molecule has 0 aromatic rings. The molecular formula is C15H33NO3. The Labute approximate surface area is 119 Å². The normalized spacial score (nSPS) is 14.8. The number of hydrogen-bond donors (Lipinski definition) is 1. The van der Waals surface area contributed by atoms with Crippen LogP contribution in [0.3, 0.4) is 0 Å². The fourth-order valence-corrected chi connectivity index (χ4v) is 1.97. The number of aliphatic hydroxyl groups is 1. The van der Waals surface area contributed by atoms with Crippen LogP contribution < -0.4 is 0 Å². The zero-order chi connectivity index (χ0) is 14.5. The molecule has 0 spiro atoms.